The first-order valence-corrected chi connectivity index (χ1v) is 10.4. The van der Waals surface area contributed by atoms with E-state index < -0.39 is 14.4 Å². The van der Waals surface area contributed by atoms with E-state index in [0.29, 0.717) is 6.61 Å². The fourth-order valence-corrected chi connectivity index (χ4v) is 7.69. The van der Waals surface area contributed by atoms with Crippen LogP contribution in [0.2, 0.25) is 5.04 Å². The van der Waals surface area contributed by atoms with Crippen molar-refractivity contribution in [2.45, 2.75) is 38.8 Å². The van der Waals surface area contributed by atoms with Gasteiger partial charge in [-0.25, -0.2) is 0 Å². The first-order chi connectivity index (χ1) is 11.4. The van der Waals surface area contributed by atoms with Crippen LogP contribution in [0, 0.1) is 0 Å². The molecular formula is C21H28O2Si. The number of hydrogen-bond donors (Lipinski definition) is 1. The van der Waals surface area contributed by atoms with E-state index in [4.69, 9.17) is 4.43 Å². The van der Waals surface area contributed by atoms with Gasteiger partial charge in [0.2, 0.25) is 0 Å². The van der Waals surface area contributed by atoms with Gasteiger partial charge in [-0.1, -0.05) is 93.6 Å². The van der Waals surface area contributed by atoms with Crippen molar-refractivity contribution in [2.24, 2.45) is 0 Å². The highest BCUT2D eigenvalue weighted by Crippen LogP contribution is 2.36. The van der Waals surface area contributed by atoms with Gasteiger partial charge >= 0.3 is 0 Å². The molecule has 1 atom stereocenters. The molecule has 0 saturated carbocycles. The zero-order chi connectivity index (χ0) is 17.6. The Labute approximate surface area is 146 Å². The molecule has 0 radical (unpaired) electrons. The molecule has 24 heavy (non-hydrogen) atoms. The van der Waals surface area contributed by atoms with E-state index in [0.717, 1.165) is 0 Å². The second-order valence-corrected chi connectivity index (χ2v) is 11.4. The van der Waals surface area contributed by atoms with Gasteiger partial charge in [0.25, 0.3) is 8.32 Å². The highest BCUT2D eigenvalue weighted by atomic mass is 28.4. The molecule has 0 aliphatic heterocycles. The van der Waals surface area contributed by atoms with E-state index in [1.165, 1.54) is 10.4 Å². The van der Waals surface area contributed by atoms with Crippen molar-refractivity contribution < 1.29 is 9.53 Å². The maximum Gasteiger partial charge on any atom is 0.261 e. The summed E-state index contributed by atoms with van der Waals surface area (Å²) >= 11 is 0. The van der Waals surface area contributed by atoms with Crippen LogP contribution in [0.25, 0.3) is 0 Å². The molecule has 0 bridgehead atoms. The predicted octanol–water partition coefficient (Wildman–Crippen LogP) is 3.50. The van der Waals surface area contributed by atoms with E-state index in [-0.39, 0.29) is 5.04 Å². The van der Waals surface area contributed by atoms with Gasteiger partial charge in [0.15, 0.2) is 0 Å². The van der Waals surface area contributed by atoms with Crippen molar-refractivity contribution in [3.8, 4) is 0 Å². The van der Waals surface area contributed by atoms with Gasteiger partial charge in [0.05, 0.1) is 12.7 Å². The lowest BCUT2D eigenvalue weighted by Crippen LogP contribution is -2.66. The molecule has 3 heteroatoms. The quantitative estimate of drug-likeness (QED) is 0.644. The number of aliphatic hydroxyl groups is 1. The average Bonchev–Trinajstić information content (AvgIpc) is 2.55. The Bertz CT molecular complexity index is 603. The molecule has 128 valence electrons. The summed E-state index contributed by atoms with van der Waals surface area (Å²) in [7, 11) is -2.45. The highest BCUT2D eigenvalue weighted by molar-refractivity contribution is 6.99. The highest BCUT2D eigenvalue weighted by Gasteiger charge is 2.49. The van der Waals surface area contributed by atoms with E-state index in [9.17, 15) is 5.11 Å². The largest absolute Gasteiger partial charge is 0.404 e. The molecule has 0 aliphatic rings. The minimum absolute atomic E-state index is 0.0195. The molecule has 2 nitrogen and oxygen atoms in total. The maximum absolute atomic E-state index is 9.44. The number of hydrogen-bond acceptors (Lipinski definition) is 2. The number of aliphatic hydroxyl groups excluding tert-OH is 1. The van der Waals surface area contributed by atoms with Crippen LogP contribution >= 0.6 is 0 Å². The summed E-state index contributed by atoms with van der Waals surface area (Å²) in [6.45, 7) is 9.03. The van der Waals surface area contributed by atoms with Crippen molar-refractivity contribution in [1.82, 2.24) is 0 Å². The van der Waals surface area contributed by atoms with Crippen LogP contribution in [0.1, 0.15) is 27.7 Å². The Hall–Kier alpha value is -1.68. The summed E-state index contributed by atoms with van der Waals surface area (Å²) in [4.78, 5) is 0. The topological polar surface area (TPSA) is 29.5 Å². The fraction of sp³-hybridized carbons (Fsp3) is 0.333. The van der Waals surface area contributed by atoms with Gasteiger partial charge in [0, 0.05) is 0 Å². The molecule has 0 amide bonds. The monoisotopic (exact) mass is 340 g/mol. The lowest BCUT2D eigenvalue weighted by atomic mass is 10.2. The maximum atomic E-state index is 9.44. The lowest BCUT2D eigenvalue weighted by Gasteiger charge is -2.42. The van der Waals surface area contributed by atoms with Crippen LogP contribution in [0.15, 0.2) is 72.8 Å². The molecular weight excluding hydrogens is 312 g/mol. The Morgan fingerprint density at radius 3 is 1.79 bits per heavy atom. The van der Waals surface area contributed by atoms with Crippen LogP contribution in [-0.4, -0.2) is 26.1 Å². The minimum atomic E-state index is -2.45. The van der Waals surface area contributed by atoms with Crippen LogP contribution in [-0.2, 0) is 4.43 Å². The molecule has 2 aromatic carbocycles. The molecule has 2 rings (SSSR count). The Morgan fingerprint density at radius 2 is 1.42 bits per heavy atom. The van der Waals surface area contributed by atoms with Crippen LogP contribution in [0.5, 0.6) is 0 Å². The summed E-state index contributed by atoms with van der Waals surface area (Å²) in [5, 5.41) is 12.0. The molecule has 1 N–H and O–H groups in total. The van der Waals surface area contributed by atoms with Crippen molar-refractivity contribution in [3.63, 3.8) is 0 Å². The summed E-state index contributed by atoms with van der Waals surface area (Å²) in [6, 6.07) is 21.2. The minimum Gasteiger partial charge on any atom is -0.404 e. The second kappa shape index (κ2) is 7.93. The third-order valence-corrected chi connectivity index (χ3v) is 9.23. The van der Waals surface area contributed by atoms with Crippen molar-refractivity contribution >= 4 is 18.7 Å². The first-order valence-electron chi connectivity index (χ1n) is 8.47. The predicted molar refractivity (Wildman–Crippen MR) is 104 cm³/mol. The van der Waals surface area contributed by atoms with Crippen LogP contribution < -0.4 is 10.4 Å². The summed E-state index contributed by atoms with van der Waals surface area (Å²) in [5.74, 6) is 0. The third-order valence-electron chi connectivity index (χ3n) is 4.23. The van der Waals surface area contributed by atoms with E-state index in [1.54, 1.807) is 13.0 Å². The van der Waals surface area contributed by atoms with Crippen LogP contribution in [0.4, 0.5) is 0 Å². The van der Waals surface area contributed by atoms with Gasteiger partial charge in [-0.15, -0.1) is 0 Å². The van der Waals surface area contributed by atoms with Crippen molar-refractivity contribution in [3.05, 3.63) is 72.8 Å². The van der Waals surface area contributed by atoms with Gasteiger partial charge in [-0.05, 0) is 22.3 Å². The molecule has 0 saturated heterocycles. The molecule has 0 heterocycles. The number of benzene rings is 2. The van der Waals surface area contributed by atoms with Crippen molar-refractivity contribution in [1.29, 1.82) is 0 Å². The summed E-state index contributed by atoms with van der Waals surface area (Å²) < 4.78 is 6.66. The van der Waals surface area contributed by atoms with Gasteiger partial charge in [0.1, 0.15) is 0 Å². The average molecular weight is 341 g/mol. The molecule has 0 spiro atoms. The second-order valence-electron chi connectivity index (χ2n) is 7.14. The molecule has 2 aromatic rings. The fourth-order valence-electron chi connectivity index (χ4n) is 3.19. The summed E-state index contributed by atoms with van der Waals surface area (Å²) in [6.07, 6.45) is 3.25. The van der Waals surface area contributed by atoms with E-state index >= 15 is 0 Å². The standard InChI is InChI=1S/C21H28O2Si/c1-18(22)12-11-17-23-24(21(2,3)4,19-13-7-5-8-14-19)20-15-9-6-10-16-20/h5-16,18,22H,17H2,1-4H3/b12-11+/t18-/m0/s1. The SMILES string of the molecule is C[C@H](O)/C=C/CO[Si](c1ccccc1)(c1ccccc1)C(C)(C)C. The first kappa shape index (κ1) is 18.7. The van der Waals surface area contributed by atoms with E-state index in [1.807, 2.05) is 18.2 Å². The zero-order valence-electron chi connectivity index (χ0n) is 15.1. The molecule has 0 aromatic heterocycles. The van der Waals surface area contributed by atoms with Gasteiger partial charge in [-0.2, -0.15) is 0 Å². The summed E-state index contributed by atoms with van der Waals surface area (Å²) in [5.41, 5.74) is 0. The van der Waals surface area contributed by atoms with Crippen LogP contribution in [0.3, 0.4) is 0 Å². The Morgan fingerprint density at radius 1 is 0.958 bits per heavy atom. The zero-order valence-corrected chi connectivity index (χ0v) is 16.1. The van der Waals surface area contributed by atoms with Gasteiger partial charge < -0.3 is 9.53 Å². The number of rotatable bonds is 6. The normalized spacial score (nSPS) is 14.0. The Kier molecular flexibility index (Phi) is 6.16. The smallest absolute Gasteiger partial charge is 0.261 e. The molecule has 0 unspecified atom stereocenters. The molecule has 0 aliphatic carbocycles. The van der Waals surface area contributed by atoms with Gasteiger partial charge in [-0.3, -0.25) is 0 Å². The van der Waals surface area contributed by atoms with E-state index in [2.05, 4.69) is 69.3 Å². The molecule has 0 fully saturated rings. The van der Waals surface area contributed by atoms with Crippen molar-refractivity contribution in [2.75, 3.05) is 6.61 Å². The Balaban J connectivity index is 2.53. The third kappa shape index (κ3) is 4.04. The lowest BCUT2D eigenvalue weighted by molar-refractivity contribution is 0.242.